The van der Waals surface area contributed by atoms with Crippen LogP contribution in [0.2, 0.25) is 0 Å². The zero-order valence-electron chi connectivity index (χ0n) is 22.3. The van der Waals surface area contributed by atoms with E-state index in [0.29, 0.717) is 0 Å². The Bertz CT molecular complexity index is 2240. The van der Waals surface area contributed by atoms with Crippen molar-refractivity contribution in [3.8, 4) is 5.69 Å². The van der Waals surface area contributed by atoms with Gasteiger partial charge in [0.2, 0.25) is 0 Å². The predicted octanol–water partition coefficient (Wildman–Crippen LogP) is 8.73. The SMILES string of the molecule is O=P(c1ccccc1)(c1ccccc1)c1ccc2c(c1)c1ccccc1n2-c1ccc2cc3ccccc3cc2c1. The third kappa shape index (κ3) is 3.76. The molecule has 7 aromatic carbocycles. The van der Waals surface area contributed by atoms with Gasteiger partial charge in [0, 0.05) is 32.4 Å². The summed E-state index contributed by atoms with van der Waals surface area (Å²) in [5.74, 6) is 0. The van der Waals surface area contributed by atoms with Crippen molar-refractivity contribution in [3.63, 3.8) is 0 Å². The Morgan fingerprint density at radius 2 is 0.951 bits per heavy atom. The molecule has 41 heavy (non-hydrogen) atoms. The minimum atomic E-state index is -3.09. The lowest BCUT2D eigenvalue weighted by atomic mass is 10.0. The molecule has 8 aromatic rings. The Morgan fingerprint density at radius 3 is 1.66 bits per heavy atom. The van der Waals surface area contributed by atoms with Crippen LogP contribution in [-0.4, -0.2) is 4.57 Å². The van der Waals surface area contributed by atoms with Crippen LogP contribution in [0.5, 0.6) is 0 Å². The highest BCUT2D eigenvalue weighted by Gasteiger charge is 2.30. The van der Waals surface area contributed by atoms with Crippen molar-refractivity contribution in [2.45, 2.75) is 0 Å². The molecular formula is C38H26NOP. The number of para-hydroxylation sites is 1. The van der Waals surface area contributed by atoms with Crippen LogP contribution in [-0.2, 0) is 4.57 Å². The van der Waals surface area contributed by atoms with Gasteiger partial charge in [0.15, 0.2) is 7.14 Å². The van der Waals surface area contributed by atoms with E-state index in [9.17, 15) is 0 Å². The lowest BCUT2D eigenvalue weighted by Crippen LogP contribution is -2.24. The summed E-state index contributed by atoms with van der Waals surface area (Å²) in [7, 11) is -3.09. The molecule has 0 spiro atoms. The van der Waals surface area contributed by atoms with Crippen LogP contribution in [0.3, 0.4) is 0 Å². The van der Waals surface area contributed by atoms with Crippen molar-refractivity contribution in [1.29, 1.82) is 0 Å². The molecule has 0 fully saturated rings. The number of fused-ring (bicyclic) bond motifs is 5. The van der Waals surface area contributed by atoms with Crippen LogP contribution in [0.15, 0.2) is 158 Å². The van der Waals surface area contributed by atoms with Gasteiger partial charge in [-0.25, -0.2) is 0 Å². The molecule has 2 nitrogen and oxygen atoms in total. The fourth-order valence-corrected chi connectivity index (χ4v) is 8.90. The van der Waals surface area contributed by atoms with Gasteiger partial charge in [-0.3, -0.25) is 0 Å². The molecule has 0 radical (unpaired) electrons. The van der Waals surface area contributed by atoms with Crippen LogP contribution in [0.4, 0.5) is 0 Å². The number of aromatic nitrogens is 1. The Morgan fingerprint density at radius 1 is 0.390 bits per heavy atom. The highest BCUT2D eigenvalue weighted by atomic mass is 31.2. The van der Waals surface area contributed by atoms with Crippen LogP contribution >= 0.6 is 7.14 Å². The van der Waals surface area contributed by atoms with E-state index < -0.39 is 7.14 Å². The summed E-state index contributed by atoms with van der Waals surface area (Å²) in [5, 5.41) is 9.70. The van der Waals surface area contributed by atoms with E-state index in [4.69, 9.17) is 0 Å². The summed E-state index contributed by atoms with van der Waals surface area (Å²) >= 11 is 0. The van der Waals surface area contributed by atoms with Gasteiger partial charge < -0.3 is 9.13 Å². The summed E-state index contributed by atoms with van der Waals surface area (Å²) in [6, 6.07) is 54.4. The Labute approximate surface area is 238 Å². The molecule has 0 N–H and O–H groups in total. The van der Waals surface area contributed by atoms with E-state index in [1.165, 1.54) is 21.5 Å². The summed E-state index contributed by atoms with van der Waals surface area (Å²) in [4.78, 5) is 0. The van der Waals surface area contributed by atoms with Crippen LogP contribution in [0, 0.1) is 0 Å². The molecule has 0 aliphatic heterocycles. The van der Waals surface area contributed by atoms with E-state index in [1.54, 1.807) is 0 Å². The average Bonchev–Trinajstić information content (AvgIpc) is 3.37. The summed E-state index contributed by atoms with van der Waals surface area (Å²) in [6.07, 6.45) is 0. The van der Waals surface area contributed by atoms with Crippen LogP contribution in [0.25, 0.3) is 49.0 Å². The lowest BCUT2D eigenvalue weighted by Gasteiger charge is -2.20. The van der Waals surface area contributed by atoms with E-state index >= 15 is 4.57 Å². The lowest BCUT2D eigenvalue weighted by molar-refractivity contribution is 0.592. The van der Waals surface area contributed by atoms with Gasteiger partial charge in [-0.05, 0) is 70.1 Å². The number of benzene rings is 7. The highest BCUT2D eigenvalue weighted by molar-refractivity contribution is 7.85. The van der Waals surface area contributed by atoms with Crippen LogP contribution < -0.4 is 15.9 Å². The monoisotopic (exact) mass is 543 g/mol. The molecule has 0 amide bonds. The average molecular weight is 544 g/mol. The number of hydrogen-bond acceptors (Lipinski definition) is 1. The minimum Gasteiger partial charge on any atom is -0.309 e. The Hall–Kier alpha value is -4.91. The molecule has 0 saturated carbocycles. The molecule has 8 rings (SSSR count). The highest BCUT2D eigenvalue weighted by Crippen LogP contribution is 2.44. The van der Waals surface area contributed by atoms with Crippen molar-refractivity contribution in [2.75, 3.05) is 0 Å². The topological polar surface area (TPSA) is 22.0 Å². The normalized spacial score (nSPS) is 12.0. The minimum absolute atomic E-state index is 0.843. The maximum Gasteiger partial charge on any atom is 0.171 e. The standard InChI is InChI=1S/C38H26NOP/c40-41(32-13-3-1-4-14-32,33-15-5-2-6-16-33)34-21-22-38-36(26-34)35-17-9-10-18-37(35)39(38)31-20-19-29-23-27-11-7-8-12-28(27)24-30(29)25-31/h1-26H. The molecule has 0 bridgehead atoms. The first kappa shape index (κ1) is 23.9. The van der Waals surface area contributed by atoms with Gasteiger partial charge in [-0.15, -0.1) is 0 Å². The number of nitrogens with zero attached hydrogens (tertiary/aromatic N) is 1. The van der Waals surface area contributed by atoms with Crippen LogP contribution in [0.1, 0.15) is 0 Å². The fraction of sp³-hybridized carbons (Fsp3) is 0. The number of rotatable bonds is 4. The van der Waals surface area contributed by atoms with E-state index in [-0.39, 0.29) is 0 Å². The van der Waals surface area contributed by atoms with E-state index in [1.807, 2.05) is 60.7 Å². The first-order valence-corrected chi connectivity index (χ1v) is 15.6. The third-order valence-electron chi connectivity index (χ3n) is 8.21. The quantitative estimate of drug-likeness (QED) is 0.161. The van der Waals surface area contributed by atoms with E-state index in [2.05, 4.69) is 102 Å². The van der Waals surface area contributed by atoms with Crippen molar-refractivity contribution < 1.29 is 4.57 Å². The predicted molar refractivity (Wildman–Crippen MR) is 175 cm³/mol. The van der Waals surface area contributed by atoms with E-state index in [0.717, 1.165) is 43.4 Å². The van der Waals surface area contributed by atoms with Gasteiger partial charge in [0.25, 0.3) is 0 Å². The third-order valence-corrected chi connectivity index (χ3v) is 11.3. The maximum absolute atomic E-state index is 15.1. The first-order chi connectivity index (χ1) is 20.2. The molecule has 0 saturated heterocycles. The molecule has 0 aliphatic rings. The van der Waals surface area contributed by atoms with Gasteiger partial charge >= 0.3 is 0 Å². The van der Waals surface area contributed by atoms with Crippen molar-refractivity contribution in [1.82, 2.24) is 4.57 Å². The van der Waals surface area contributed by atoms with Gasteiger partial charge in [-0.2, -0.15) is 0 Å². The zero-order valence-corrected chi connectivity index (χ0v) is 23.2. The molecule has 3 heteroatoms. The van der Waals surface area contributed by atoms with Gasteiger partial charge in [0.05, 0.1) is 11.0 Å². The molecular weight excluding hydrogens is 517 g/mol. The second-order valence-corrected chi connectivity index (χ2v) is 13.3. The van der Waals surface area contributed by atoms with Crippen molar-refractivity contribution in [2.24, 2.45) is 0 Å². The molecule has 1 aromatic heterocycles. The van der Waals surface area contributed by atoms with Gasteiger partial charge in [-0.1, -0.05) is 109 Å². The maximum atomic E-state index is 15.1. The fourth-order valence-electron chi connectivity index (χ4n) is 6.22. The Balaban J connectivity index is 1.38. The molecule has 0 unspecified atom stereocenters. The van der Waals surface area contributed by atoms with Gasteiger partial charge in [0.1, 0.15) is 0 Å². The molecule has 0 aliphatic carbocycles. The first-order valence-electron chi connectivity index (χ1n) is 13.9. The summed E-state index contributed by atoms with van der Waals surface area (Å²) in [6.45, 7) is 0. The zero-order chi connectivity index (χ0) is 27.4. The second kappa shape index (κ2) is 9.34. The Kier molecular flexibility index (Phi) is 5.45. The van der Waals surface area contributed by atoms with Crippen molar-refractivity contribution in [3.05, 3.63) is 158 Å². The molecule has 0 atom stereocenters. The largest absolute Gasteiger partial charge is 0.309 e. The number of hydrogen-bond donors (Lipinski definition) is 0. The second-order valence-electron chi connectivity index (χ2n) is 10.6. The molecule has 194 valence electrons. The summed E-state index contributed by atoms with van der Waals surface area (Å²) in [5.41, 5.74) is 3.35. The summed E-state index contributed by atoms with van der Waals surface area (Å²) < 4.78 is 17.5. The van der Waals surface area contributed by atoms with Crippen molar-refractivity contribution >= 4 is 66.4 Å². The molecule has 1 heterocycles. The smallest absolute Gasteiger partial charge is 0.171 e.